The molecule has 0 rings (SSSR count). The highest BCUT2D eigenvalue weighted by molar-refractivity contribution is 4.63. The van der Waals surface area contributed by atoms with Crippen LogP contribution in [0, 0.1) is 0 Å². The molecule has 3 nitrogen and oxygen atoms in total. The van der Waals surface area contributed by atoms with Crippen molar-refractivity contribution >= 4 is 0 Å². The van der Waals surface area contributed by atoms with E-state index in [9.17, 15) is 0 Å². The van der Waals surface area contributed by atoms with Gasteiger partial charge in [0.15, 0.2) is 0 Å². The summed E-state index contributed by atoms with van der Waals surface area (Å²) in [5.74, 6) is 0. The summed E-state index contributed by atoms with van der Waals surface area (Å²) in [5, 5.41) is 3.17. The summed E-state index contributed by atoms with van der Waals surface area (Å²) in [6.45, 7) is 5.35. The Morgan fingerprint density at radius 2 is 2.15 bits per heavy atom. The fourth-order valence-corrected chi connectivity index (χ4v) is 1.25. The van der Waals surface area contributed by atoms with Crippen molar-refractivity contribution in [1.29, 1.82) is 0 Å². The Hall–Kier alpha value is -0.120. The molecule has 0 aliphatic heterocycles. The van der Waals surface area contributed by atoms with Crippen LogP contribution in [0.25, 0.3) is 0 Å². The standard InChI is InChI=1S/C10H24N2O/c1-10(6-7-11-2)12(3)8-5-9-13-4/h10-11H,5-9H2,1-4H3. The summed E-state index contributed by atoms with van der Waals surface area (Å²) in [6, 6.07) is 0.657. The largest absolute Gasteiger partial charge is 0.385 e. The lowest BCUT2D eigenvalue weighted by Gasteiger charge is -2.24. The van der Waals surface area contributed by atoms with E-state index in [0.717, 1.165) is 26.1 Å². The highest BCUT2D eigenvalue weighted by Crippen LogP contribution is 2.00. The molecule has 0 radical (unpaired) electrons. The molecule has 0 saturated carbocycles. The van der Waals surface area contributed by atoms with Crippen LogP contribution < -0.4 is 5.32 Å². The predicted molar refractivity (Wildman–Crippen MR) is 57.1 cm³/mol. The second-order valence-electron chi connectivity index (χ2n) is 3.57. The van der Waals surface area contributed by atoms with Gasteiger partial charge in [-0.05, 0) is 40.4 Å². The van der Waals surface area contributed by atoms with Crippen molar-refractivity contribution < 1.29 is 4.74 Å². The monoisotopic (exact) mass is 188 g/mol. The van der Waals surface area contributed by atoms with Gasteiger partial charge in [0.25, 0.3) is 0 Å². The van der Waals surface area contributed by atoms with E-state index in [1.165, 1.54) is 6.42 Å². The molecule has 80 valence electrons. The van der Waals surface area contributed by atoms with Crippen LogP contribution in [-0.2, 0) is 4.74 Å². The van der Waals surface area contributed by atoms with E-state index in [2.05, 4.69) is 24.2 Å². The molecule has 0 saturated heterocycles. The third-order valence-corrected chi connectivity index (χ3v) is 2.42. The van der Waals surface area contributed by atoms with E-state index in [4.69, 9.17) is 4.74 Å². The number of hydrogen-bond donors (Lipinski definition) is 1. The van der Waals surface area contributed by atoms with Crippen molar-refractivity contribution in [3.8, 4) is 0 Å². The molecule has 0 heterocycles. The molecule has 1 atom stereocenters. The molecule has 0 fully saturated rings. The average Bonchev–Trinajstić information content (AvgIpc) is 2.14. The number of rotatable bonds is 8. The molecule has 0 aliphatic carbocycles. The molecule has 3 heteroatoms. The lowest BCUT2D eigenvalue weighted by Crippen LogP contribution is -2.32. The number of hydrogen-bond acceptors (Lipinski definition) is 3. The van der Waals surface area contributed by atoms with Crippen LogP contribution in [0.5, 0.6) is 0 Å². The van der Waals surface area contributed by atoms with Crippen LogP contribution in [0.2, 0.25) is 0 Å². The second-order valence-corrected chi connectivity index (χ2v) is 3.57. The molecular formula is C10H24N2O. The SMILES string of the molecule is CNCCC(C)N(C)CCCOC. The third-order valence-electron chi connectivity index (χ3n) is 2.42. The first-order chi connectivity index (χ1) is 6.22. The first-order valence-electron chi connectivity index (χ1n) is 5.06. The fourth-order valence-electron chi connectivity index (χ4n) is 1.25. The highest BCUT2D eigenvalue weighted by Gasteiger charge is 2.07. The Labute approximate surface area is 82.4 Å². The average molecular weight is 188 g/mol. The summed E-state index contributed by atoms with van der Waals surface area (Å²) in [4.78, 5) is 2.39. The Balaban J connectivity index is 3.38. The smallest absolute Gasteiger partial charge is 0.0474 e. The quantitative estimate of drug-likeness (QED) is 0.574. The van der Waals surface area contributed by atoms with Crippen molar-refractivity contribution in [2.45, 2.75) is 25.8 Å². The topological polar surface area (TPSA) is 24.5 Å². The Morgan fingerprint density at radius 1 is 1.46 bits per heavy atom. The minimum atomic E-state index is 0.657. The van der Waals surface area contributed by atoms with Gasteiger partial charge in [0.2, 0.25) is 0 Å². The summed E-state index contributed by atoms with van der Waals surface area (Å²) >= 11 is 0. The van der Waals surface area contributed by atoms with E-state index in [-0.39, 0.29) is 0 Å². The van der Waals surface area contributed by atoms with E-state index >= 15 is 0 Å². The van der Waals surface area contributed by atoms with Gasteiger partial charge in [0.05, 0.1) is 0 Å². The molecule has 0 amide bonds. The Morgan fingerprint density at radius 3 is 2.69 bits per heavy atom. The maximum absolute atomic E-state index is 5.01. The Bertz CT molecular complexity index is 109. The lowest BCUT2D eigenvalue weighted by atomic mass is 10.2. The van der Waals surface area contributed by atoms with Crippen LogP contribution in [0.3, 0.4) is 0 Å². The molecule has 0 aromatic carbocycles. The van der Waals surface area contributed by atoms with E-state index in [1.807, 2.05) is 7.05 Å². The first-order valence-corrected chi connectivity index (χ1v) is 5.06. The summed E-state index contributed by atoms with van der Waals surface area (Å²) in [6.07, 6.45) is 2.33. The van der Waals surface area contributed by atoms with Crippen molar-refractivity contribution in [3.05, 3.63) is 0 Å². The van der Waals surface area contributed by atoms with Gasteiger partial charge in [-0.1, -0.05) is 0 Å². The maximum atomic E-state index is 5.01. The van der Waals surface area contributed by atoms with Crippen molar-refractivity contribution in [2.24, 2.45) is 0 Å². The zero-order chi connectivity index (χ0) is 10.1. The molecule has 13 heavy (non-hydrogen) atoms. The van der Waals surface area contributed by atoms with Crippen molar-refractivity contribution in [1.82, 2.24) is 10.2 Å². The molecular weight excluding hydrogens is 164 g/mol. The fraction of sp³-hybridized carbons (Fsp3) is 1.00. The molecule has 0 aliphatic rings. The zero-order valence-electron chi connectivity index (χ0n) is 9.47. The predicted octanol–water partition coefficient (Wildman–Crippen LogP) is 0.953. The number of methoxy groups -OCH3 is 1. The minimum absolute atomic E-state index is 0.657. The Kier molecular flexibility index (Phi) is 8.40. The van der Waals surface area contributed by atoms with E-state index in [0.29, 0.717) is 6.04 Å². The highest BCUT2D eigenvalue weighted by atomic mass is 16.5. The molecule has 0 aromatic rings. The summed E-state index contributed by atoms with van der Waals surface area (Å²) in [5.41, 5.74) is 0. The van der Waals surface area contributed by atoms with Crippen molar-refractivity contribution in [3.63, 3.8) is 0 Å². The number of ether oxygens (including phenoxy) is 1. The van der Waals surface area contributed by atoms with Gasteiger partial charge in [-0.25, -0.2) is 0 Å². The number of nitrogens with one attached hydrogen (secondary N) is 1. The first kappa shape index (κ1) is 12.9. The van der Waals surface area contributed by atoms with Crippen LogP contribution in [-0.4, -0.2) is 51.8 Å². The maximum Gasteiger partial charge on any atom is 0.0474 e. The summed E-state index contributed by atoms with van der Waals surface area (Å²) in [7, 11) is 5.93. The zero-order valence-corrected chi connectivity index (χ0v) is 9.47. The van der Waals surface area contributed by atoms with Crippen molar-refractivity contribution in [2.75, 3.05) is 40.9 Å². The summed E-state index contributed by atoms with van der Waals surface area (Å²) < 4.78 is 5.01. The van der Waals surface area contributed by atoms with E-state index < -0.39 is 0 Å². The van der Waals surface area contributed by atoms with Crippen LogP contribution in [0.4, 0.5) is 0 Å². The molecule has 0 spiro atoms. The van der Waals surface area contributed by atoms with Gasteiger partial charge in [-0.15, -0.1) is 0 Å². The third kappa shape index (κ3) is 6.99. The van der Waals surface area contributed by atoms with E-state index in [1.54, 1.807) is 7.11 Å². The van der Waals surface area contributed by atoms with Crippen LogP contribution >= 0.6 is 0 Å². The molecule has 1 N–H and O–H groups in total. The molecule has 0 aromatic heterocycles. The van der Waals surface area contributed by atoms with Crippen LogP contribution in [0.1, 0.15) is 19.8 Å². The van der Waals surface area contributed by atoms with Crippen LogP contribution in [0.15, 0.2) is 0 Å². The van der Waals surface area contributed by atoms with Gasteiger partial charge in [-0.2, -0.15) is 0 Å². The van der Waals surface area contributed by atoms with Gasteiger partial charge in [0, 0.05) is 26.3 Å². The normalized spacial score (nSPS) is 13.6. The molecule has 1 unspecified atom stereocenters. The van der Waals surface area contributed by atoms with Gasteiger partial charge in [-0.3, -0.25) is 0 Å². The van der Waals surface area contributed by atoms with Gasteiger partial charge in [0.1, 0.15) is 0 Å². The lowest BCUT2D eigenvalue weighted by molar-refractivity contribution is 0.166. The second kappa shape index (κ2) is 8.48. The van der Waals surface area contributed by atoms with Gasteiger partial charge < -0.3 is 15.0 Å². The molecule has 0 bridgehead atoms. The number of nitrogens with zero attached hydrogens (tertiary/aromatic N) is 1. The minimum Gasteiger partial charge on any atom is -0.385 e. The van der Waals surface area contributed by atoms with Gasteiger partial charge >= 0.3 is 0 Å².